The van der Waals surface area contributed by atoms with Gasteiger partial charge in [-0.25, -0.2) is 13.2 Å². The number of sulfone groups is 1. The first-order chi connectivity index (χ1) is 16.9. The van der Waals surface area contributed by atoms with Crippen LogP contribution in [0.4, 0.5) is 10.5 Å². The minimum absolute atomic E-state index is 0.0448. The van der Waals surface area contributed by atoms with Crippen LogP contribution < -0.4 is 16.0 Å². The molecule has 1 aromatic rings. The van der Waals surface area contributed by atoms with E-state index in [9.17, 15) is 18.0 Å². The molecule has 0 aromatic heterocycles. The number of nitrogens with one attached hydrogen (secondary N) is 3. The number of benzene rings is 1. The number of fused-ring (bicyclic) bond motifs is 1. The van der Waals surface area contributed by atoms with Crippen molar-refractivity contribution in [1.82, 2.24) is 10.6 Å². The van der Waals surface area contributed by atoms with Gasteiger partial charge in [-0.15, -0.1) is 0 Å². The van der Waals surface area contributed by atoms with Gasteiger partial charge in [0.1, 0.15) is 5.88 Å². The fourth-order valence-corrected chi connectivity index (χ4v) is 6.62. The summed E-state index contributed by atoms with van der Waals surface area (Å²) in [6.07, 6.45) is 9.56. The molecule has 0 spiro atoms. The molecule has 0 radical (unpaired) electrons. The standard InChI is InChI=1S/C26H41N3O5S/c1-3-20(16-17-27-26(31)34-4-2)28-18-35(32,33)24-15-14-23(21-12-8-9-13-22(21)24)29-25(30)19-10-6-5-7-11-19/h14-15,19-20,28H,3-13,16-18H2,1-2H3,(H,27,31)(H,29,30). The Hall–Kier alpha value is -2.13. The van der Waals surface area contributed by atoms with Crippen LogP contribution in [0.1, 0.15) is 82.8 Å². The van der Waals surface area contributed by atoms with Crippen molar-refractivity contribution in [3.8, 4) is 0 Å². The molecular formula is C26H41N3O5S. The number of alkyl carbamates (subject to hydrolysis) is 1. The summed E-state index contributed by atoms with van der Waals surface area (Å²) in [4.78, 5) is 24.7. The molecule has 9 heteroatoms. The lowest BCUT2D eigenvalue weighted by molar-refractivity contribution is -0.120. The summed E-state index contributed by atoms with van der Waals surface area (Å²) in [5.41, 5.74) is 2.61. The molecule has 35 heavy (non-hydrogen) atoms. The smallest absolute Gasteiger partial charge is 0.407 e. The van der Waals surface area contributed by atoms with Crippen LogP contribution in [-0.4, -0.2) is 45.5 Å². The molecule has 0 bridgehead atoms. The minimum Gasteiger partial charge on any atom is -0.450 e. The zero-order valence-electron chi connectivity index (χ0n) is 21.2. The van der Waals surface area contributed by atoms with Gasteiger partial charge in [0.2, 0.25) is 5.91 Å². The van der Waals surface area contributed by atoms with Crippen LogP contribution in [0, 0.1) is 5.92 Å². The fourth-order valence-electron chi connectivity index (χ4n) is 5.13. The van der Waals surface area contributed by atoms with E-state index in [1.807, 2.05) is 6.92 Å². The van der Waals surface area contributed by atoms with Crippen LogP contribution in [0.3, 0.4) is 0 Å². The molecule has 3 rings (SSSR count). The number of ether oxygens (including phenoxy) is 1. The first-order valence-electron chi connectivity index (χ1n) is 13.2. The van der Waals surface area contributed by atoms with E-state index < -0.39 is 15.9 Å². The van der Waals surface area contributed by atoms with Gasteiger partial charge in [-0.2, -0.15) is 0 Å². The monoisotopic (exact) mass is 507 g/mol. The Morgan fingerprint density at radius 1 is 1.03 bits per heavy atom. The molecule has 0 saturated heterocycles. The van der Waals surface area contributed by atoms with Gasteiger partial charge in [0.05, 0.1) is 11.5 Å². The number of rotatable bonds is 11. The molecular weight excluding hydrogens is 466 g/mol. The van der Waals surface area contributed by atoms with E-state index in [1.165, 1.54) is 6.42 Å². The molecule has 1 fully saturated rings. The molecule has 196 valence electrons. The predicted molar refractivity (Wildman–Crippen MR) is 137 cm³/mol. The Kier molecular flexibility index (Phi) is 10.4. The van der Waals surface area contributed by atoms with Gasteiger partial charge < -0.3 is 20.7 Å². The third-order valence-corrected chi connectivity index (χ3v) is 8.75. The van der Waals surface area contributed by atoms with E-state index in [0.29, 0.717) is 30.9 Å². The maximum absolute atomic E-state index is 13.3. The maximum atomic E-state index is 13.3. The largest absolute Gasteiger partial charge is 0.450 e. The van der Waals surface area contributed by atoms with E-state index >= 15 is 0 Å². The van der Waals surface area contributed by atoms with Gasteiger partial charge in [-0.3, -0.25) is 4.79 Å². The minimum atomic E-state index is -3.56. The van der Waals surface area contributed by atoms with Crippen molar-refractivity contribution in [1.29, 1.82) is 0 Å². The van der Waals surface area contributed by atoms with Crippen LogP contribution in [0.2, 0.25) is 0 Å². The Labute approximate surface area is 209 Å². The topological polar surface area (TPSA) is 114 Å². The highest BCUT2D eigenvalue weighted by Crippen LogP contribution is 2.34. The average molecular weight is 508 g/mol. The van der Waals surface area contributed by atoms with Gasteiger partial charge in [0.25, 0.3) is 0 Å². The summed E-state index contributed by atoms with van der Waals surface area (Å²) in [6.45, 7) is 4.46. The summed E-state index contributed by atoms with van der Waals surface area (Å²) in [5.74, 6) is -0.0395. The van der Waals surface area contributed by atoms with Crippen molar-refractivity contribution < 1.29 is 22.7 Å². The third-order valence-electron chi connectivity index (χ3n) is 7.15. The summed E-state index contributed by atoms with van der Waals surface area (Å²) in [6, 6.07) is 3.40. The molecule has 1 saturated carbocycles. The van der Waals surface area contributed by atoms with E-state index in [2.05, 4.69) is 16.0 Å². The van der Waals surface area contributed by atoms with Crippen LogP contribution >= 0.6 is 0 Å². The van der Waals surface area contributed by atoms with Gasteiger partial charge >= 0.3 is 6.09 Å². The van der Waals surface area contributed by atoms with E-state index in [1.54, 1.807) is 19.1 Å². The van der Waals surface area contributed by atoms with Crippen molar-refractivity contribution in [3.05, 3.63) is 23.3 Å². The second kappa shape index (κ2) is 13.3. The van der Waals surface area contributed by atoms with Gasteiger partial charge in [0, 0.05) is 24.2 Å². The Bertz CT molecular complexity index is 973. The highest BCUT2D eigenvalue weighted by molar-refractivity contribution is 7.91. The normalized spacial score (nSPS) is 17.3. The lowest BCUT2D eigenvalue weighted by Crippen LogP contribution is -2.37. The molecule has 2 amide bonds. The van der Waals surface area contributed by atoms with E-state index in [4.69, 9.17) is 4.74 Å². The van der Waals surface area contributed by atoms with Crippen molar-refractivity contribution in [3.63, 3.8) is 0 Å². The van der Waals surface area contributed by atoms with Crippen molar-refractivity contribution >= 4 is 27.5 Å². The number of carbonyl (C=O) groups is 2. The summed E-state index contributed by atoms with van der Waals surface area (Å²) in [7, 11) is -3.56. The number of hydrogen-bond donors (Lipinski definition) is 3. The molecule has 3 N–H and O–H groups in total. The molecule has 2 aliphatic carbocycles. The first kappa shape index (κ1) is 27.5. The van der Waals surface area contributed by atoms with Crippen molar-refractivity contribution in [2.24, 2.45) is 5.92 Å². The number of amides is 2. The zero-order valence-corrected chi connectivity index (χ0v) is 22.0. The molecule has 1 unspecified atom stereocenters. The average Bonchev–Trinajstić information content (AvgIpc) is 2.86. The van der Waals surface area contributed by atoms with Gasteiger partial charge in [0.15, 0.2) is 9.84 Å². The second-order valence-electron chi connectivity index (χ2n) is 9.60. The van der Waals surface area contributed by atoms with Crippen LogP contribution in [0.5, 0.6) is 0 Å². The van der Waals surface area contributed by atoms with Crippen LogP contribution in [-0.2, 0) is 32.2 Å². The van der Waals surface area contributed by atoms with E-state index in [0.717, 1.165) is 68.2 Å². The number of carbonyl (C=O) groups excluding carboxylic acids is 2. The Morgan fingerprint density at radius 3 is 2.43 bits per heavy atom. The third kappa shape index (κ3) is 7.67. The van der Waals surface area contributed by atoms with Crippen LogP contribution in [0.25, 0.3) is 0 Å². The van der Waals surface area contributed by atoms with Gasteiger partial charge in [-0.1, -0.05) is 26.2 Å². The zero-order chi connectivity index (χ0) is 25.3. The molecule has 0 heterocycles. The van der Waals surface area contributed by atoms with Crippen molar-refractivity contribution in [2.75, 3.05) is 24.3 Å². The summed E-state index contributed by atoms with van der Waals surface area (Å²) >= 11 is 0. The Balaban J connectivity index is 1.67. The van der Waals surface area contributed by atoms with Crippen LogP contribution in [0.15, 0.2) is 17.0 Å². The molecule has 1 atom stereocenters. The molecule has 0 aliphatic heterocycles. The van der Waals surface area contributed by atoms with E-state index in [-0.39, 0.29) is 23.7 Å². The fraction of sp³-hybridized carbons (Fsp3) is 0.692. The molecule has 8 nitrogen and oxygen atoms in total. The molecule has 2 aliphatic rings. The number of hydrogen-bond acceptors (Lipinski definition) is 6. The maximum Gasteiger partial charge on any atom is 0.407 e. The summed E-state index contributed by atoms with van der Waals surface area (Å²) < 4.78 is 31.5. The lowest BCUT2D eigenvalue weighted by atomic mass is 9.87. The second-order valence-corrected chi connectivity index (χ2v) is 11.6. The Morgan fingerprint density at radius 2 is 1.74 bits per heavy atom. The van der Waals surface area contributed by atoms with Crippen molar-refractivity contribution in [2.45, 2.75) is 95.4 Å². The first-order valence-corrected chi connectivity index (χ1v) is 14.8. The summed E-state index contributed by atoms with van der Waals surface area (Å²) in [5, 5.41) is 8.96. The highest BCUT2D eigenvalue weighted by Gasteiger charge is 2.27. The highest BCUT2D eigenvalue weighted by atomic mass is 32.2. The number of anilines is 1. The molecule has 1 aromatic carbocycles. The SMILES string of the molecule is CCOC(=O)NCCC(CC)NCS(=O)(=O)c1ccc(NC(=O)C2CCCCC2)c2c1CCCC2. The quantitative estimate of drug-likeness (QED) is 0.411. The predicted octanol–water partition coefficient (Wildman–Crippen LogP) is 4.32. The lowest BCUT2D eigenvalue weighted by Gasteiger charge is -2.25. The van der Waals surface area contributed by atoms with Gasteiger partial charge in [-0.05, 0) is 81.5 Å².